The Morgan fingerprint density at radius 1 is 0.933 bits per heavy atom. The molecule has 4 nitrogen and oxygen atoms in total. The SMILES string of the molecule is C[C@H](c1ccccc1C#N)[C@@]1(C#N)c2ccccc2C=CN1C(=O)c1ccccc1. The highest BCUT2D eigenvalue weighted by atomic mass is 16.2. The zero-order valence-electron chi connectivity index (χ0n) is 16.5. The van der Waals surface area contributed by atoms with Crippen LogP contribution >= 0.6 is 0 Å². The lowest BCUT2D eigenvalue weighted by Crippen LogP contribution is -2.50. The van der Waals surface area contributed by atoms with Gasteiger partial charge in [-0.2, -0.15) is 10.5 Å². The largest absolute Gasteiger partial charge is 0.291 e. The topological polar surface area (TPSA) is 67.9 Å². The number of amides is 1. The average Bonchev–Trinajstić information content (AvgIpc) is 2.82. The van der Waals surface area contributed by atoms with Crippen LogP contribution in [-0.2, 0) is 5.54 Å². The molecule has 0 aliphatic carbocycles. The molecule has 1 amide bonds. The first-order valence-corrected chi connectivity index (χ1v) is 9.70. The van der Waals surface area contributed by atoms with Gasteiger partial charge < -0.3 is 0 Å². The first-order valence-electron chi connectivity index (χ1n) is 9.70. The summed E-state index contributed by atoms with van der Waals surface area (Å²) in [5.41, 5.74) is 2.07. The van der Waals surface area contributed by atoms with Gasteiger partial charge in [0.2, 0.25) is 0 Å². The van der Waals surface area contributed by atoms with Crippen LogP contribution in [0.5, 0.6) is 0 Å². The van der Waals surface area contributed by atoms with Gasteiger partial charge in [0.05, 0.1) is 17.7 Å². The van der Waals surface area contributed by atoms with Crippen molar-refractivity contribution in [3.8, 4) is 12.1 Å². The number of hydrogen-bond donors (Lipinski definition) is 0. The Balaban J connectivity index is 1.96. The highest BCUT2D eigenvalue weighted by Gasteiger charge is 2.49. The van der Waals surface area contributed by atoms with Gasteiger partial charge in [0, 0.05) is 23.2 Å². The lowest BCUT2D eigenvalue weighted by Gasteiger charge is -2.44. The number of rotatable bonds is 3. The van der Waals surface area contributed by atoms with E-state index in [4.69, 9.17) is 0 Å². The van der Waals surface area contributed by atoms with Crippen LogP contribution in [-0.4, -0.2) is 10.8 Å². The molecule has 3 aromatic rings. The molecule has 1 heterocycles. The van der Waals surface area contributed by atoms with Crippen LogP contribution in [0.15, 0.2) is 85.1 Å². The van der Waals surface area contributed by atoms with Gasteiger partial charge >= 0.3 is 0 Å². The van der Waals surface area contributed by atoms with Gasteiger partial charge in [-0.15, -0.1) is 0 Å². The molecule has 0 unspecified atom stereocenters. The molecule has 0 saturated heterocycles. The van der Waals surface area contributed by atoms with Crippen molar-refractivity contribution in [1.82, 2.24) is 4.90 Å². The summed E-state index contributed by atoms with van der Waals surface area (Å²) < 4.78 is 0. The fourth-order valence-electron chi connectivity index (χ4n) is 4.19. The zero-order chi connectivity index (χ0) is 21.1. The number of benzene rings is 3. The van der Waals surface area contributed by atoms with Crippen LogP contribution in [0.2, 0.25) is 0 Å². The third kappa shape index (κ3) is 2.87. The third-order valence-corrected chi connectivity index (χ3v) is 5.74. The molecule has 1 aliphatic heterocycles. The van der Waals surface area contributed by atoms with Crippen molar-refractivity contribution in [1.29, 1.82) is 10.5 Å². The normalized spacial score (nSPS) is 18.0. The van der Waals surface area contributed by atoms with E-state index in [0.29, 0.717) is 11.1 Å². The van der Waals surface area contributed by atoms with E-state index in [0.717, 1.165) is 16.7 Å². The van der Waals surface area contributed by atoms with E-state index in [1.54, 1.807) is 42.6 Å². The molecule has 4 rings (SSSR count). The molecule has 144 valence electrons. The summed E-state index contributed by atoms with van der Waals surface area (Å²) in [6.45, 7) is 1.90. The molecule has 4 heteroatoms. The molecule has 3 aromatic carbocycles. The summed E-state index contributed by atoms with van der Waals surface area (Å²) >= 11 is 0. The summed E-state index contributed by atoms with van der Waals surface area (Å²) in [6, 6.07) is 28.5. The molecule has 0 radical (unpaired) electrons. The number of fused-ring (bicyclic) bond motifs is 1. The molecule has 0 fully saturated rings. The summed E-state index contributed by atoms with van der Waals surface area (Å²) in [7, 11) is 0. The minimum Gasteiger partial charge on any atom is -0.291 e. The molecule has 0 aromatic heterocycles. The van der Waals surface area contributed by atoms with Crippen molar-refractivity contribution in [2.45, 2.75) is 18.4 Å². The van der Waals surface area contributed by atoms with Crippen molar-refractivity contribution in [2.75, 3.05) is 0 Å². The Hall–Kier alpha value is -4.15. The summed E-state index contributed by atoms with van der Waals surface area (Å²) in [5, 5.41) is 20.2. The van der Waals surface area contributed by atoms with E-state index in [2.05, 4.69) is 12.1 Å². The van der Waals surface area contributed by atoms with Crippen molar-refractivity contribution in [3.63, 3.8) is 0 Å². The first kappa shape index (κ1) is 19.2. The lowest BCUT2D eigenvalue weighted by atomic mass is 9.71. The smallest absolute Gasteiger partial charge is 0.259 e. The van der Waals surface area contributed by atoms with Crippen molar-refractivity contribution < 1.29 is 4.79 Å². The second-order valence-electron chi connectivity index (χ2n) is 7.24. The highest BCUT2D eigenvalue weighted by molar-refractivity contribution is 5.97. The van der Waals surface area contributed by atoms with Gasteiger partial charge in [-0.25, -0.2) is 0 Å². The van der Waals surface area contributed by atoms with Crippen molar-refractivity contribution >= 4 is 12.0 Å². The number of nitriles is 2. The fourth-order valence-corrected chi connectivity index (χ4v) is 4.19. The molecule has 30 heavy (non-hydrogen) atoms. The molecule has 0 N–H and O–H groups in total. The van der Waals surface area contributed by atoms with Crippen LogP contribution in [0.4, 0.5) is 0 Å². The van der Waals surface area contributed by atoms with Crippen molar-refractivity contribution in [2.24, 2.45) is 0 Å². The van der Waals surface area contributed by atoms with Gasteiger partial charge in [0.15, 0.2) is 5.54 Å². The molecule has 0 bridgehead atoms. The quantitative estimate of drug-likeness (QED) is 0.618. The Morgan fingerprint density at radius 2 is 1.60 bits per heavy atom. The third-order valence-electron chi connectivity index (χ3n) is 5.74. The maximum atomic E-state index is 13.5. The molecule has 0 saturated carbocycles. The number of nitrogens with zero attached hydrogens (tertiary/aromatic N) is 3. The van der Waals surface area contributed by atoms with Gasteiger partial charge in [0.1, 0.15) is 0 Å². The molecular formula is C26H19N3O. The summed E-state index contributed by atoms with van der Waals surface area (Å²) in [5.74, 6) is -0.707. The van der Waals surface area contributed by atoms with Gasteiger partial charge in [-0.3, -0.25) is 9.69 Å². The van der Waals surface area contributed by atoms with Crippen LogP contribution < -0.4 is 0 Å². The highest BCUT2D eigenvalue weighted by Crippen LogP contribution is 2.47. The Labute approximate surface area is 175 Å². The van der Waals surface area contributed by atoms with E-state index < -0.39 is 11.5 Å². The molecule has 2 atom stereocenters. The Bertz CT molecular complexity index is 1220. The van der Waals surface area contributed by atoms with Gasteiger partial charge in [0.25, 0.3) is 5.91 Å². The lowest BCUT2D eigenvalue weighted by molar-refractivity contribution is 0.0664. The maximum absolute atomic E-state index is 13.5. The summed E-state index contributed by atoms with van der Waals surface area (Å²) in [4.78, 5) is 15.1. The van der Waals surface area contributed by atoms with Gasteiger partial charge in [-0.05, 0) is 35.4 Å². The molecule has 0 spiro atoms. The zero-order valence-corrected chi connectivity index (χ0v) is 16.5. The fraction of sp³-hybridized carbons (Fsp3) is 0.115. The van der Waals surface area contributed by atoms with Crippen molar-refractivity contribution in [3.05, 3.63) is 113 Å². The predicted molar refractivity (Wildman–Crippen MR) is 115 cm³/mol. The first-order chi connectivity index (χ1) is 14.6. The standard InChI is InChI=1S/C26H19N3O/c1-19(23-13-7-5-12-22(23)17-27)26(18-28)24-14-8-6-9-20(24)15-16-29(26)25(30)21-10-3-2-4-11-21/h2-16,19H,1H3/t19-,26+/m1/s1. The van der Waals surface area contributed by atoms with Crippen LogP contribution in [0, 0.1) is 22.7 Å². The van der Waals surface area contributed by atoms with Crippen LogP contribution in [0.25, 0.3) is 6.08 Å². The monoisotopic (exact) mass is 389 g/mol. The number of carbonyl (C=O) groups excluding carboxylic acids is 1. The minimum absolute atomic E-state index is 0.260. The second-order valence-corrected chi connectivity index (χ2v) is 7.24. The Kier molecular flexibility index (Phi) is 4.92. The van der Waals surface area contributed by atoms with Crippen LogP contribution in [0.1, 0.15) is 45.5 Å². The van der Waals surface area contributed by atoms with Gasteiger partial charge in [-0.1, -0.05) is 67.6 Å². The number of carbonyl (C=O) groups is 1. The molecule has 1 aliphatic rings. The van der Waals surface area contributed by atoms with Crippen LogP contribution in [0.3, 0.4) is 0 Å². The predicted octanol–water partition coefficient (Wildman–Crippen LogP) is 5.21. The van der Waals surface area contributed by atoms with E-state index in [-0.39, 0.29) is 5.91 Å². The number of hydrogen-bond acceptors (Lipinski definition) is 3. The Morgan fingerprint density at radius 3 is 2.33 bits per heavy atom. The minimum atomic E-state index is -1.30. The van der Waals surface area contributed by atoms with E-state index in [1.807, 2.05) is 55.5 Å². The average molecular weight is 389 g/mol. The second kappa shape index (κ2) is 7.70. The van der Waals surface area contributed by atoms with E-state index in [9.17, 15) is 15.3 Å². The van der Waals surface area contributed by atoms with E-state index >= 15 is 0 Å². The molecular weight excluding hydrogens is 370 g/mol. The van der Waals surface area contributed by atoms with E-state index in [1.165, 1.54) is 4.90 Å². The summed E-state index contributed by atoms with van der Waals surface area (Å²) in [6.07, 6.45) is 3.54. The maximum Gasteiger partial charge on any atom is 0.259 e.